The van der Waals surface area contributed by atoms with Crippen molar-refractivity contribution in [2.75, 3.05) is 6.54 Å². The van der Waals surface area contributed by atoms with E-state index < -0.39 is 11.7 Å². The quantitative estimate of drug-likeness (QED) is 0.335. The topological polar surface area (TPSA) is 52.8 Å². The Kier molecular flexibility index (Phi) is 10.6. The van der Waals surface area contributed by atoms with E-state index in [2.05, 4.69) is 17.6 Å². The minimum atomic E-state index is -1.06. The first kappa shape index (κ1) is 21.9. The number of halogens is 3. The zero-order valence-corrected chi connectivity index (χ0v) is 15.7. The molecule has 0 aliphatic heterocycles. The molecule has 0 rings (SSSR count). The summed E-state index contributed by atoms with van der Waals surface area (Å²) >= 11 is 17.0. The van der Waals surface area contributed by atoms with Crippen LogP contribution in [0.1, 0.15) is 46.5 Å². The fourth-order valence-electron chi connectivity index (χ4n) is 1.76. The van der Waals surface area contributed by atoms with Crippen molar-refractivity contribution in [3.63, 3.8) is 0 Å². The van der Waals surface area contributed by atoms with Crippen molar-refractivity contribution in [2.45, 2.75) is 63.5 Å². The molecule has 0 radical (unpaired) electrons. The Bertz CT molecular complexity index is 410. The van der Waals surface area contributed by atoms with Gasteiger partial charge in [-0.25, -0.2) is 0 Å². The van der Waals surface area contributed by atoms with Gasteiger partial charge in [-0.3, -0.25) is 4.99 Å². The lowest BCUT2D eigenvalue weighted by atomic mass is 9.95. The highest BCUT2D eigenvalue weighted by atomic mass is 35.5. The van der Waals surface area contributed by atoms with Gasteiger partial charge in [0.25, 0.3) is 0 Å². The van der Waals surface area contributed by atoms with Gasteiger partial charge in [-0.2, -0.15) is 0 Å². The summed E-state index contributed by atoms with van der Waals surface area (Å²) in [5, 5.41) is 19.2. The second kappa shape index (κ2) is 10.7. The minimum Gasteiger partial charge on any atom is -0.390 e. The first-order valence-corrected chi connectivity index (χ1v) is 8.46. The first-order chi connectivity index (χ1) is 10.0. The van der Waals surface area contributed by atoms with Gasteiger partial charge in [0.05, 0.1) is 23.6 Å². The number of allylic oxidation sites excluding steroid dienone is 2. The zero-order valence-electron chi connectivity index (χ0n) is 13.5. The summed E-state index contributed by atoms with van der Waals surface area (Å²) in [4.78, 5) is 3.85. The Morgan fingerprint density at radius 3 is 2.41 bits per heavy atom. The van der Waals surface area contributed by atoms with Crippen LogP contribution >= 0.6 is 34.8 Å². The largest absolute Gasteiger partial charge is 0.390 e. The number of hydrogen-bond donors (Lipinski definition) is 2. The number of nitrogens with zero attached hydrogens (tertiary/aromatic N) is 1. The Labute approximate surface area is 148 Å². The highest BCUT2D eigenvalue weighted by molar-refractivity contribution is 6.95. The average Bonchev–Trinajstić information content (AvgIpc) is 2.40. The number of aliphatic hydroxyl groups excluding tert-OH is 1. The summed E-state index contributed by atoms with van der Waals surface area (Å²) < 4.78 is -0.0282. The van der Waals surface area contributed by atoms with Crippen LogP contribution in [0.2, 0.25) is 0 Å². The fraction of sp³-hybridized carbons (Fsp3) is 0.688. The third-order valence-electron chi connectivity index (χ3n) is 3.40. The molecule has 0 fully saturated rings. The Morgan fingerprint density at radius 2 is 1.91 bits per heavy atom. The minimum absolute atomic E-state index is 0.0282. The SMILES string of the molecule is C=C(CC/C=C(\C)CC[C@@H](O)C(C)(C)O)C(Cl)CN=C(Cl)Cl. The molecule has 0 aromatic heterocycles. The molecule has 0 aromatic carbocycles. The maximum absolute atomic E-state index is 9.78. The van der Waals surface area contributed by atoms with Crippen LogP contribution in [0.25, 0.3) is 0 Å². The van der Waals surface area contributed by atoms with Gasteiger partial charge in [-0.05, 0) is 69.7 Å². The van der Waals surface area contributed by atoms with Crippen LogP contribution in [0, 0.1) is 0 Å². The highest BCUT2D eigenvalue weighted by Gasteiger charge is 2.23. The van der Waals surface area contributed by atoms with Crippen molar-refractivity contribution in [2.24, 2.45) is 4.99 Å². The zero-order chi connectivity index (χ0) is 17.3. The van der Waals surface area contributed by atoms with E-state index >= 15 is 0 Å². The van der Waals surface area contributed by atoms with E-state index in [1.54, 1.807) is 13.8 Å². The summed E-state index contributed by atoms with van der Waals surface area (Å²) in [6.07, 6.45) is 4.24. The summed E-state index contributed by atoms with van der Waals surface area (Å²) in [5.74, 6) is 0. The van der Waals surface area contributed by atoms with Crippen molar-refractivity contribution in [1.29, 1.82) is 0 Å². The second-order valence-corrected chi connectivity index (χ2v) is 7.44. The number of aliphatic hydroxyl groups is 2. The maximum atomic E-state index is 9.78. The Balaban J connectivity index is 4.10. The van der Waals surface area contributed by atoms with E-state index in [0.29, 0.717) is 13.0 Å². The molecule has 0 aliphatic carbocycles. The number of hydrogen-bond acceptors (Lipinski definition) is 3. The van der Waals surface area contributed by atoms with Crippen molar-refractivity contribution in [3.05, 3.63) is 23.8 Å². The number of rotatable bonds is 10. The molecule has 0 saturated heterocycles. The normalized spacial score (nSPS) is 15.4. The van der Waals surface area contributed by atoms with Crippen molar-refractivity contribution >= 4 is 39.4 Å². The smallest absolute Gasteiger partial charge is 0.192 e. The van der Waals surface area contributed by atoms with Crippen molar-refractivity contribution in [3.8, 4) is 0 Å². The van der Waals surface area contributed by atoms with Crippen LogP contribution in [0.4, 0.5) is 0 Å². The molecule has 2 N–H and O–H groups in total. The molecule has 22 heavy (non-hydrogen) atoms. The molecule has 0 amide bonds. The van der Waals surface area contributed by atoms with Gasteiger partial charge in [0, 0.05) is 0 Å². The first-order valence-electron chi connectivity index (χ1n) is 7.27. The lowest BCUT2D eigenvalue weighted by Gasteiger charge is -2.24. The summed E-state index contributed by atoms with van der Waals surface area (Å²) in [7, 11) is 0. The average molecular weight is 371 g/mol. The third kappa shape index (κ3) is 10.6. The molecule has 0 aromatic rings. The van der Waals surface area contributed by atoms with E-state index in [0.717, 1.165) is 24.8 Å². The second-order valence-electron chi connectivity index (χ2n) is 6.00. The van der Waals surface area contributed by atoms with Crippen LogP contribution in [0.5, 0.6) is 0 Å². The van der Waals surface area contributed by atoms with Gasteiger partial charge >= 0.3 is 0 Å². The van der Waals surface area contributed by atoms with E-state index in [1.165, 1.54) is 5.57 Å². The molecule has 0 saturated carbocycles. The molecule has 6 heteroatoms. The Morgan fingerprint density at radius 1 is 1.32 bits per heavy atom. The number of alkyl halides is 1. The van der Waals surface area contributed by atoms with Crippen LogP contribution in [-0.2, 0) is 0 Å². The van der Waals surface area contributed by atoms with Crippen LogP contribution < -0.4 is 0 Å². The molecular formula is C16H26Cl3NO2. The maximum Gasteiger partial charge on any atom is 0.192 e. The van der Waals surface area contributed by atoms with E-state index in [4.69, 9.17) is 34.8 Å². The van der Waals surface area contributed by atoms with Gasteiger partial charge in [-0.15, -0.1) is 11.6 Å². The van der Waals surface area contributed by atoms with Crippen molar-refractivity contribution < 1.29 is 10.2 Å². The van der Waals surface area contributed by atoms with Gasteiger partial charge < -0.3 is 10.2 Å². The summed E-state index contributed by atoms with van der Waals surface area (Å²) in [6.45, 7) is 9.49. The van der Waals surface area contributed by atoms with Gasteiger partial charge in [0.2, 0.25) is 0 Å². The molecule has 128 valence electrons. The Hall–Kier alpha value is -0.0600. The molecule has 0 aliphatic rings. The van der Waals surface area contributed by atoms with Gasteiger partial charge in [0.1, 0.15) is 0 Å². The molecule has 0 heterocycles. The summed E-state index contributed by atoms with van der Waals surface area (Å²) in [5.41, 5.74) is 0.995. The predicted octanol–water partition coefficient (Wildman–Crippen LogP) is 4.62. The highest BCUT2D eigenvalue weighted by Crippen LogP contribution is 2.19. The van der Waals surface area contributed by atoms with Crippen LogP contribution in [0.15, 0.2) is 28.8 Å². The lowest BCUT2D eigenvalue weighted by Crippen LogP contribution is -2.35. The summed E-state index contributed by atoms with van der Waals surface area (Å²) in [6, 6.07) is 0. The standard InChI is InChI=1S/C16H26Cl3NO2/c1-11(8-9-14(21)16(3,4)22)6-5-7-12(2)13(17)10-20-15(18)19/h6,13-14,21-22H,2,5,7-10H2,1,3-4H3/b11-6+/t13?,14-/m1/s1. The fourth-order valence-corrected chi connectivity index (χ4v) is 2.07. The molecule has 2 atom stereocenters. The molecule has 0 bridgehead atoms. The monoisotopic (exact) mass is 369 g/mol. The van der Waals surface area contributed by atoms with Gasteiger partial charge in [-0.1, -0.05) is 23.8 Å². The van der Waals surface area contributed by atoms with Crippen LogP contribution in [0.3, 0.4) is 0 Å². The third-order valence-corrected chi connectivity index (χ3v) is 4.09. The van der Waals surface area contributed by atoms with Gasteiger partial charge in [0.15, 0.2) is 4.63 Å². The number of aliphatic imine (C=N–C) groups is 1. The molecular weight excluding hydrogens is 345 g/mol. The predicted molar refractivity (Wildman–Crippen MR) is 97.3 cm³/mol. The molecule has 3 nitrogen and oxygen atoms in total. The van der Waals surface area contributed by atoms with Crippen LogP contribution in [-0.4, -0.2) is 38.5 Å². The van der Waals surface area contributed by atoms with E-state index in [1.807, 2.05) is 6.92 Å². The lowest BCUT2D eigenvalue weighted by molar-refractivity contribution is -0.0509. The molecule has 1 unspecified atom stereocenters. The van der Waals surface area contributed by atoms with E-state index in [9.17, 15) is 10.2 Å². The van der Waals surface area contributed by atoms with Crippen molar-refractivity contribution in [1.82, 2.24) is 0 Å². The van der Waals surface area contributed by atoms with E-state index in [-0.39, 0.29) is 10.0 Å². The molecule has 0 spiro atoms.